The first kappa shape index (κ1) is 15.5. The largest absolute Gasteiger partial charge is 0.490 e. The van der Waals surface area contributed by atoms with Crippen LogP contribution in [0.3, 0.4) is 0 Å². The zero-order chi connectivity index (χ0) is 16.2. The molecule has 0 bridgehead atoms. The van der Waals surface area contributed by atoms with Crippen molar-refractivity contribution in [2.75, 3.05) is 13.1 Å². The Hall–Kier alpha value is -2.43. The number of ether oxygens (including phenoxy) is 1. The van der Waals surface area contributed by atoms with Crippen LogP contribution >= 0.6 is 0 Å². The zero-order valence-corrected chi connectivity index (χ0v) is 12.5. The Morgan fingerprint density at radius 3 is 2.30 bits per heavy atom. The number of piperidine rings is 1. The van der Waals surface area contributed by atoms with E-state index in [4.69, 9.17) is 4.74 Å². The zero-order valence-electron chi connectivity index (χ0n) is 12.5. The van der Waals surface area contributed by atoms with Crippen LogP contribution in [0.15, 0.2) is 48.5 Å². The maximum absolute atomic E-state index is 13.7. The van der Waals surface area contributed by atoms with Gasteiger partial charge < -0.3 is 9.64 Å². The second-order valence-corrected chi connectivity index (χ2v) is 5.54. The van der Waals surface area contributed by atoms with Gasteiger partial charge in [0.25, 0.3) is 5.91 Å². The molecule has 1 aliphatic heterocycles. The number of halogens is 2. The van der Waals surface area contributed by atoms with E-state index in [2.05, 4.69) is 0 Å². The lowest BCUT2D eigenvalue weighted by Crippen LogP contribution is -2.42. The summed E-state index contributed by atoms with van der Waals surface area (Å²) in [6, 6.07) is 11.9. The molecule has 0 unspecified atom stereocenters. The Labute approximate surface area is 133 Å². The quantitative estimate of drug-likeness (QED) is 0.865. The standard InChI is InChI=1S/C18H17F2NO2/c19-13-5-7-14(8-6-13)23-15-9-11-21(12-10-15)18(22)16-3-1-2-4-17(16)20/h1-8,15H,9-12H2. The van der Waals surface area contributed by atoms with Crippen LogP contribution < -0.4 is 4.74 Å². The maximum Gasteiger partial charge on any atom is 0.256 e. The van der Waals surface area contributed by atoms with Gasteiger partial charge in [-0.1, -0.05) is 12.1 Å². The molecule has 1 heterocycles. The van der Waals surface area contributed by atoms with E-state index in [-0.39, 0.29) is 23.4 Å². The highest BCUT2D eigenvalue weighted by molar-refractivity contribution is 5.94. The van der Waals surface area contributed by atoms with Gasteiger partial charge in [0, 0.05) is 25.9 Å². The highest BCUT2D eigenvalue weighted by Crippen LogP contribution is 2.21. The fourth-order valence-corrected chi connectivity index (χ4v) is 2.69. The van der Waals surface area contributed by atoms with Crippen molar-refractivity contribution in [3.8, 4) is 5.75 Å². The second kappa shape index (κ2) is 6.77. The van der Waals surface area contributed by atoms with Crippen LogP contribution in [0.1, 0.15) is 23.2 Å². The van der Waals surface area contributed by atoms with Crippen molar-refractivity contribution >= 4 is 5.91 Å². The average Bonchev–Trinajstić information content (AvgIpc) is 2.57. The predicted octanol–water partition coefficient (Wildman–Crippen LogP) is 3.65. The van der Waals surface area contributed by atoms with E-state index >= 15 is 0 Å². The van der Waals surface area contributed by atoms with Crippen molar-refractivity contribution in [1.29, 1.82) is 0 Å². The minimum absolute atomic E-state index is 0.0230. The molecule has 0 radical (unpaired) electrons. The number of likely N-dealkylation sites (tertiary alicyclic amines) is 1. The first-order valence-electron chi connectivity index (χ1n) is 7.59. The van der Waals surface area contributed by atoms with E-state index in [0.29, 0.717) is 31.7 Å². The molecule has 0 N–H and O–H groups in total. The molecule has 1 amide bonds. The molecular weight excluding hydrogens is 300 g/mol. The Balaban J connectivity index is 1.57. The molecule has 1 saturated heterocycles. The Bertz CT molecular complexity index is 680. The smallest absolute Gasteiger partial charge is 0.256 e. The Morgan fingerprint density at radius 1 is 1.00 bits per heavy atom. The van der Waals surface area contributed by atoms with Crippen molar-refractivity contribution < 1.29 is 18.3 Å². The van der Waals surface area contributed by atoms with E-state index in [1.54, 1.807) is 29.2 Å². The lowest BCUT2D eigenvalue weighted by Gasteiger charge is -2.32. The van der Waals surface area contributed by atoms with Crippen molar-refractivity contribution in [2.45, 2.75) is 18.9 Å². The van der Waals surface area contributed by atoms with Gasteiger partial charge in [0.2, 0.25) is 0 Å². The van der Waals surface area contributed by atoms with E-state index < -0.39 is 5.82 Å². The molecule has 2 aromatic rings. The minimum atomic E-state index is -0.498. The second-order valence-electron chi connectivity index (χ2n) is 5.54. The van der Waals surface area contributed by atoms with Crippen LogP contribution in [0.4, 0.5) is 8.78 Å². The molecule has 3 rings (SSSR count). The number of amides is 1. The minimum Gasteiger partial charge on any atom is -0.490 e. The van der Waals surface area contributed by atoms with Gasteiger partial charge in [0.05, 0.1) is 5.56 Å². The first-order chi connectivity index (χ1) is 11.1. The number of hydrogen-bond acceptors (Lipinski definition) is 2. The van der Waals surface area contributed by atoms with Crippen LogP contribution in [0.5, 0.6) is 5.75 Å². The van der Waals surface area contributed by atoms with E-state index in [0.717, 1.165) is 0 Å². The fraction of sp³-hybridized carbons (Fsp3) is 0.278. The van der Waals surface area contributed by atoms with Gasteiger partial charge in [-0.25, -0.2) is 8.78 Å². The van der Waals surface area contributed by atoms with Gasteiger partial charge in [-0.2, -0.15) is 0 Å². The average molecular weight is 317 g/mol. The Kier molecular flexibility index (Phi) is 4.55. The van der Waals surface area contributed by atoms with Crippen LogP contribution in [0, 0.1) is 11.6 Å². The SMILES string of the molecule is O=C(c1ccccc1F)N1CCC(Oc2ccc(F)cc2)CC1. The van der Waals surface area contributed by atoms with E-state index in [9.17, 15) is 13.6 Å². The molecule has 0 atom stereocenters. The van der Waals surface area contributed by atoms with Crippen LogP contribution in [-0.4, -0.2) is 30.0 Å². The molecule has 0 spiro atoms. The van der Waals surface area contributed by atoms with Crippen LogP contribution in [0.25, 0.3) is 0 Å². The Morgan fingerprint density at radius 2 is 1.65 bits per heavy atom. The fourth-order valence-electron chi connectivity index (χ4n) is 2.69. The number of hydrogen-bond donors (Lipinski definition) is 0. The van der Waals surface area contributed by atoms with Gasteiger partial charge in [0.15, 0.2) is 0 Å². The molecule has 0 aromatic heterocycles. The summed E-state index contributed by atoms with van der Waals surface area (Å²) in [5.41, 5.74) is 0.102. The first-order valence-corrected chi connectivity index (χ1v) is 7.59. The summed E-state index contributed by atoms with van der Waals surface area (Å²) < 4.78 is 32.3. The molecule has 0 aliphatic carbocycles. The molecular formula is C18H17F2NO2. The van der Waals surface area contributed by atoms with Crippen molar-refractivity contribution in [1.82, 2.24) is 4.90 Å². The summed E-state index contributed by atoms with van der Waals surface area (Å²) in [6.45, 7) is 1.03. The summed E-state index contributed by atoms with van der Waals surface area (Å²) in [4.78, 5) is 14.0. The number of carbonyl (C=O) groups is 1. The predicted molar refractivity (Wildman–Crippen MR) is 82.4 cm³/mol. The van der Waals surface area contributed by atoms with Gasteiger partial charge >= 0.3 is 0 Å². The number of benzene rings is 2. The van der Waals surface area contributed by atoms with Crippen LogP contribution in [0.2, 0.25) is 0 Å². The summed E-state index contributed by atoms with van der Waals surface area (Å²) in [5, 5.41) is 0. The molecule has 23 heavy (non-hydrogen) atoms. The lowest BCUT2D eigenvalue weighted by atomic mass is 10.1. The van der Waals surface area contributed by atoms with Gasteiger partial charge in [0.1, 0.15) is 23.5 Å². The van der Waals surface area contributed by atoms with Gasteiger partial charge in [-0.3, -0.25) is 4.79 Å². The summed E-state index contributed by atoms with van der Waals surface area (Å²) in [7, 11) is 0. The third kappa shape index (κ3) is 3.67. The molecule has 5 heteroatoms. The van der Waals surface area contributed by atoms with Gasteiger partial charge in [-0.05, 0) is 36.4 Å². The van der Waals surface area contributed by atoms with Crippen molar-refractivity contribution in [2.24, 2.45) is 0 Å². The highest BCUT2D eigenvalue weighted by Gasteiger charge is 2.26. The molecule has 120 valence electrons. The third-order valence-electron chi connectivity index (χ3n) is 3.95. The van der Waals surface area contributed by atoms with E-state index in [1.807, 2.05) is 0 Å². The third-order valence-corrected chi connectivity index (χ3v) is 3.95. The number of nitrogens with zero attached hydrogens (tertiary/aromatic N) is 1. The van der Waals surface area contributed by atoms with Crippen LogP contribution in [-0.2, 0) is 0 Å². The molecule has 3 nitrogen and oxygen atoms in total. The molecule has 0 saturated carbocycles. The maximum atomic E-state index is 13.7. The summed E-state index contributed by atoms with van der Waals surface area (Å²) >= 11 is 0. The highest BCUT2D eigenvalue weighted by atomic mass is 19.1. The number of carbonyl (C=O) groups excluding carboxylic acids is 1. The van der Waals surface area contributed by atoms with Crippen molar-refractivity contribution in [3.63, 3.8) is 0 Å². The van der Waals surface area contributed by atoms with Gasteiger partial charge in [-0.15, -0.1) is 0 Å². The van der Waals surface area contributed by atoms with E-state index in [1.165, 1.54) is 24.3 Å². The normalized spacial score (nSPS) is 15.5. The molecule has 2 aromatic carbocycles. The number of rotatable bonds is 3. The molecule has 1 fully saturated rings. The monoisotopic (exact) mass is 317 g/mol. The summed E-state index contributed by atoms with van der Waals surface area (Å²) in [5.74, 6) is -0.474. The molecule has 1 aliphatic rings. The topological polar surface area (TPSA) is 29.5 Å². The van der Waals surface area contributed by atoms with Crippen molar-refractivity contribution in [3.05, 3.63) is 65.7 Å². The lowest BCUT2D eigenvalue weighted by molar-refractivity contribution is 0.0591. The summed E-state index contributed by atoms with van der Waals surface area (Å²) in [6.07, 6.45) is 1.31.